The van der Waals surface area contributed by atoms with Crippen molar-refractivity contribution < 1.29 is 4.42 Å². The molecule has 0 aromatic carbocycles. The van der Waals surface area contributed by atoms with E-state index in [1.165, 1.54) is 38.5 Å². The molecule has 0 N–H and O–H groups in total. The van der Waals surface area contributed by atoms with Gasteiger partial charge in [0.25, 0.3) is 0 Å². The average molecular weight is 309 g/mol. The molecule has 0 radical (unpaired) electrons. The van der Waals surface area contributed by atoms with Gasteiger partial charge in [0.15, 0.2) is 0 Å². The van der Waals surface area contributed by atoms with Gasteiger partial charge in [-0.05, 0) is 67.6 Å². The van der Waals surface area contributed by atoms with Gasteiger partial charge >= 0.3 is 0 Å². The third kappa shape index (κ3) is 2.32. The van der Waals surface area contributed by atoms with Crippen molar-refractivity contribution in [1.82, 2.24) is 10.2 Å². The fourth-order valence-electron chi connectivity index (χ4n) is 6.70. The summed E-state index contributed by atoms with van der Waals surface area (Å²) in [5.41, 5.74) is 1.47. The van der Waals surface area contributed by atoms with E-state index in [1.54, 1.807) is 0 Å². The molecular weight excluding hydrogens is 284 g/mol. The largest absolute Gasteiger partial charge is 0.424 e. The molecule has 0 amide bonds. The van der Waals surface area contributed by atoms with E-state index in [0.29, 0.717) is 22.1 Å². The predicted octanol–water partition coefficient (Wildman–Crippen LogP) is 4.91. The molecule has 21 heavy (non-hydrogen) atoms. The SMILES string of the molecule is CC(Cl)c1nnc(CC23CC4CC(C)(CC(C)(C4)C2)C3)o1. The maximum atomic E-state index is 6.04. The monoisotopic (exact) mass is 308 g/mol. The minimum atomic E-state index is -0.197. The van der Waals surface area contributed by atoms with E-state index in [1.807, 2.05) is 6.92 Å². The van der Waals surface area contributed by atoms with E-state index >= 15 is 0 Å². The first-order chi connectivity index (χ1) is 9.79. The minimum absolute atomic E-state index is 0.197. The van der Waals surface area contributed by atoms with Crippen LogP contribution < -0.4 is 0 Å². The first kappa shape index (κ1) is 14.0. The zero-order valence-electron chi connectivity index (χ0n) is 13.3. The van der Waals surface area contributed by atoms with Gasteiger partial charge in [-0.25, -0.2) is 0 Å². The second kappa shape index (κ2) is 4.24. The molecule has 116 valence electrons. The molecule has 4 fully saturated rings. The van der Waals surface area contributed by atoms with Crippen LogP contribution in [0.25, 0.3) is 0 Å². The van der Waals surface area contributed by atoms with Crippen molar-refractivity contribution in [1.29, 1.82) is 0 Å². The first-order valence-corrected chi connectivity index (χ1v) is 8.69. The Morgan fingerprint density at radius 3 is 2.33 bits per heavy atom. The molecule has 0 aliphatic heterocycles. The van der Waals surface area contributed by atoms with E-state index < -0.39 is 0 Å². The van der Waals surface area contributed by atoms with Crippen LogP contribution in [0.1, 0.15) is 76.5 Å². The Labute approximate surface area is 131 Å². The number of alkyl halides is 1. The van der Waals surface area contributed by atoms with Crippen LogP contribution in [0.15, 0.2) is 4.42 Å². The molecular formula is C17H25ClN2O. The van der Waals surface area contributed by atoms with Crippen molar-refractivity contribution in [3.8, 4) is 0 Å². The fraction of sp³-hybridized carbons (Fsp3) is 0.882. The molecule has 4 aliphatic rings. The van der Waals surface area contributed by atoms with Gasteiger partial charge in [0.1, 0.15) is 5.38 Å². The van der Waals surface area contributed by atoms with Crippen LogP contribution in [-0.2, 0) is 6.42 Å². The van der Waals surface area contributed by atoms with Crippen molar-refractivity contribution in [2.45, 2.75) is 71.1 Å². The molecule has 0 saturated heterocycles. The zero-order valence-corrected chi connectivity index (χ0v) is 14.0. The van der Waals surface area contributed by atoms with Gasteiger partial charge in [0.2, 0.25) is 11.8 Å². The van der Waals surface area contributed by atoms with Gasteiger partial charge in [0.05, 0.1) is 0 Å². The molecule has 1 aromatic heterocycles. The van der Waals surface area contributed by atoms with Gasteiger partial charge in [-0.3, -0.25) is 0 Å². The lowest BCUT2D eigenvalue weighted by atomic mass is 9.40. The van der Waals surface area contributed by atoms with Crippen LogP contribution in [0.5, 0.6) is 0 Å². The summed E-state index contributed by atoms with van der Waals surface area (Å²) in [7, 11) is 0. The van der Waals surface area contributed by atoms with Crippen LogP contribution in [0.4, 0.5) is 0 Å². The number of rotatable bonds is 3. The average Bonchev–Trinajstić information content (AvgIpc) is 2.71. The molecule has 4 saturated carbocycles. The van der Waals surface area contributed by atoms with Gasteiger partial charge in [-0.2, -0.15) is 0 Å². The molecule has 3 nitrogen and oxygen atoms in total. The fourth-order valence-corrected chi connectivity index (χ4v) is 6.79. The van der Waals surface area contributed by atoms with E-state index in [9.17, 15) is 0 Å². The standard InChI is InChI=1S/C17H25ClN2O/c1-11(18)14-20-19-13(21-14)7-17-6-12-4-15(2,9-17)8-16(3,5-12)10-17/h11-12H,4-10H2,1-3H3. The number of aromatic nitrogens is 2. The summed E-state index contributed by atoms with van der Waals surface area (Å²) in [4.78, 5) is 0. The topological polar surface area (TPSA) is 38.9 Å². The second-order valence-electron chi connectivity index (χ2n) is 8.96. The first-order valence-electron chi connectivity index (χ1n) is 8.25. The summed E-state index contributed by atoms with van der Waals surface area (Å²) in [5.74, 6) is 2.27. The molecule has 4 aliphatic carbocycles. The van der Waals surface area contributed by atoms with E-state index in [4.69, 9.17) is 16.0 Å². The lowest BCUT2D eigenvalue weighted by molar-refractivity contribution is -0.145. The van der Waals surface area contributed by atoms with Crippen molar-refractivity contribution in [3.05, 3.63) is 11.8 Å². The van der Waals surface area contributed by atoms with Crippen LogP contribution in [-0.4, -0.2) is 10.2 Å². The lowest BCUT2D eigenvalue weighted by Crippen LogP contribution is -2.55. The van der Waals surface area contributed by atoms with Crippen LogP contribution in [0, 0.1) is 22.2 Å². The van der Waals surface area contributed by atoms with E-state index in [2.05, 4.69) is 24.0 Å². The highest BCUT2D eigenvalue weighted by Crippen LogP contribution is 2.70. The molecule has 4 bridgehead atoms. The third-order valence-corrected chi connectivity index (χ3v) is 6.28. The van der Waals surface area contributed by atoms with Crippen molar-refractivity contribution in [2.24, 2.45) is 22.2 Å². The molecule has 5 rings (SSSR count). The van der Waals surface area contributed by atoms with Crippen LogP contribution in [0.2, 0.25) is 0 Å². The maximum Gasteiger partial charge on any atom is 0.234 e. The summed E-state index contributed by atoms with van der Waals surface area (Å²) in [5, 5.41) is 8.16. The van der Waals surface area contributed by atoms with Gasteiger partial charge in [-0.15, -0.1) is 21.8 Å². The molecule has 4 heteroatoms. The second-order valence-corrected chi connectivity index (χ2v) is 9.61. The van der Waals surface area contributed by atoms with Crippen LogP contribution in [0.3, 0.4) is 0 Å². The van der Waals surface area contributed by atoms with Gasteiger partial charge in [0, 0.05) is 6.42 Å². The highest BCUT2D eigenvalue weighted by molar-refractivity contribution is 6.20. The number of nitrogens with zero attached hydrogens (tertiary/aromatic N) is 2. The van der Waals surface area contributed by atoms with Crippen molar-refractivity contribution >= 4 is 11.6 Å². The zero-order chi connectivity index (χ0) is 14.9. The summed E-state index contributed by atoms with van der Waals surface area (Å²) in [6, 6.07) is 0. The van der Waals surface area contributed by atoms with Gasteiger partial charge < -0.3 is 4.42 Å². The summed E-state index contributed by atoms with van der Waals surface area (Å²) in [6.07, 6.45) is 9.24. The Morgan fingerprint density at radius 2 is 1.81 bits per heavy atom. The normalized spacial score (nSPS) is 46.0. The number of hydrogen-bond acceptors (Lipinski definition) is 3. The summed E-state index contributed by atoms with van der Waals surface area (Å²) >= 11 is 6.04. The van der Waals surface area contributed by atoms with Crippen LogP contribution >= 0.6 is 11.6 Å². The lowest BCUT2D eigenvalue weighted by Gasteiger charge is -2.65. The van der Waals surface area contributed by atoms with E-state index in [0.717, 1.165) is 18.2 Å². The summed E-state index contributed by atoms with van der Waals surface area (Å²) < 4.78 is 5.80. The number of hydrogen-bond donors (Lipinski definition) is 0. The smallest absolute Gasteiger partial charge is 0.234 e. The summed E-state index contributed by atoms with van der Waals surface area (Å²) in [6.45, 7) is 6.89. The number of halogens is 1. The molecule has 3 atom stereocenters. The Balaban J connectivity index is 1.62. The Bertz CT molecular complexity index is 549. The third-order valence-electron chi connectivity index (χ3n) is 6.09. The molecule has 3 unspecified atom stereocenters. The predicted molar refractivity (Wildman–Crippen MR) is 82.1 cm³/mol. The highest BCUT2D eigenvalue weighted by Gasteiger charge is 2.60. The van der Waals surface area contributed by atoms with Crippen molar-refractivity contribution in [2.75, 3.05) is 0 Å². The Kier molecular flexibility index (Phi) is 2.84. The Hall–Kier alpha value is -0.570. The minimum Gasteiger partial charge on any atom is -0.424 e. The molecule has 1 heterocycles. The highest BCUT2D eigenvalue weighted by atomic mass is 35.5. The van der Waals surface area contributed by atoms with Gasteiger partial charge in [-0.1, -0.05) is 13.8 Å². The van der Waals surface area contributed by atoms with Crippen molar-refractivity contribution in [3.63, 3.8) is 0 Å². The van der Waals surface area contributed by atoms with E-state index in [-0.39, 0.29) is 5.38 Å². The maximum absolute atomic E-state index is 6.04. The molecule has 1 aromatic rings. The Morgan fingerprint density at radius 1 is 1.14 bits per heavy atom. The molecule has 0 spiro atoms. The quantitative estimate of drug-likeness (QED) is 0.745.